The van der Waals surface area contributed by atoms with Gasteiger partial charge in [-0.15, -0.1) is 0 Å². The molecule has 0 aromatic heterocycles. The van der Waals surface area contributed by atoms with Crippen LogP contribution in [0, 0.1) is 11.2 Å². The smallest absolute Gasteiger partial charge is 0.322 e. The fourth-order valence-corrected chi connectivity index (χ4v) is 11.7. The van der Waals surface area contributed by atoms with E-state index in [9.17, 15) is 9.59 Å². The summed E-state index contributed by atoms with van der Waals surface area (Å²) in [5.41, 5.74) is -0.629. The molecular formula is C37H40FNO5Si. The largest absolute Gasteiger partial charge is 0.468 e. The van der Waals surface area contributed by atoms with Crippen molar-refractivity contribution in [2.45, 2.75) is 50.4 Å². The first kappa shape index (κ1) is 32.3. The molecule has 8 heteroatoms. The van der Waals surface area contributed by atoms with Crippen LogP contribution in [0.4, 0.5) is 4.39 Å². The quantitative estimate of drug-likeness (QED) is 0.185. The molecule has 1 aliphatic rings. The molecule has 6 nitrogen and oxygen atoms in total. The van der Waals surface area contributed by atoms with Crippen LogP contribution < -0.4 is 15.7 Å². The van der Waals surface area contributed by atoms with E-state index in [0.717, 1.165) is 10.4 Å². The minimum absolute atomic E-state index is 0.0386. The number of hydrogen-bond acceptors (Lipinski definition) is 6. The summed E-state index contributed by atoms with van der Waals surface area (Å²) in [5.74, 6) is -1.67. The predicted molar refractivity (Wildman–Crippen MR) is 175 cm³/mol. The van der Waals surface area contributed by atoms with Gasteiger partial charge in [0.2, 0.25) is 0 Å². The molecule has 4 aromatic carbocycles. The number of benzene rings is 4. The van der Waals surface area contributed by atoms with Gasteiger partial charge in [0.25, 0.3) is 8.32 Å². The van der Waals surface area contributed by atoms with Crippen molar-refractivity contribution < 1.29 is 27.9 Å². The summed E-state index contributed by atoms with van der Waals surface area (Å²) >= 11 is 0. The number of nitrogens with one attached hydrogen (secondary N) is 1. The van der Waals surface area contributed by atoms with E-state index in [1.807, 2.05) is 66.7 Å². The number of halogens is 1. The van der Waals surface area contributed by atoms with Gasteiger partial charge in [-0.2, -0.15) is 0 Å². The second-order valence-corrected chi connectivity index (χ2v) is 16.8. The summed E-state index contributed by atoms with van der Waals surface area (Å²) in [6.07, 6.45) is -1.01. The van der Waals surface area contributed by atoms with Crippen LogP contribution in [0.25, 0.3) is 0 Å². The second kappa shape index (κ2) is 13.1. The Morgan fingerprint density at radius 3 is 1.80 bits per heavy atom. The average molecular weight is 626 g/mol. The topological polar surface area (TPSA) is 73.9 Å². The van der Waals surface area contributed by atoms with E-state index in [-0.39, 0.29) is 12.0 Å². The maximum Gasteiger partial charge on any atom is 0.322 e. The normalized spacial score (nSPS) is 20.8. The van der Waals surface area contributed by atoms with E-state index in [1.165, 1.54) is 20.3 Å². The predicted octanol–water partition coefficient (Wildman–Crippen LogP) is 5.88. The zero-order chi connectivity index (χ0) is 32.2. The van der Waals surface area contributed by atoms with Crippen molar-refractivity contribution in [1.82, 2.24) is 5.32 Å². The second-order valence-electron chi connectivity index (χ2n) is 12.5. The van der Waals surface area contributed by atoms with Crippen molar-refractivity contribution >= 4 is 30.6 Å². The van der Waals surface area contributed by atoms with Crippen molar-refractivity contribution in [1.29, 1.82) is 0 Å². The molecule has 0 unspecified atom stereocenters. The number of rotatable bonds is 9. The Bertz CT molecular complexity index is 1570. The summed E-state index contributed by atoms with van der Waals surface area (Å²) in [6, 6.07) is 34.1. The van der Waals surface area contributed by atoms with E-state index >= 15 is 4.39 Å². The van der Waals surface area contributed by atoms with Gasteiger partial charge >= 0.3 is 11.9 Å². The molecule has 0 spiro atoms. The maximum absolute atomic E-state index is 15.7. The van der Waals surface area contributed by atoms with E-state index in [0.29, 0.717) is 5.56 Å². The Morgan fingerprint density at radius 1 is 0.800 bits per heavy atom. The highest BCUT2D eigenvalue weighted by molar-refractivity contribution is 6.99. The zero-order valence-corrected chi connectivity index (χ0v) is 27.3. The monoisotopic (exact) mass is 625 g/mol. The maximum atomic E-state index is 15.7. The van der Waals surface area contributed by atoms with E-state index in [1.54, 1.807) is 18.2 Å². The molecule has 1 saturated heterocycles. The number of hydrogen-bond donors (Lipinski definition) is 1. The van der Waals surface area contributed by atoms with Crippen LogP contribution >= 0.6 is 0 Å². The Morgan fingerprint density at radius 2 is 1.31 bits per heavy atom. The van der Waals surface area contributed by atoms with E-state index < -0.39 is 54.7 Å². The van der Waals surface area contributed by atoms with Gasteiger partial charge in [0.15, 0.2) is 0 Å². The molecular weight excluding hydrogens is 585 g/mol. The first-order valence-electron chi connectivity index (χ1n) is 15.1. The summed E-state index contributed by atoms with van der Waals surface area (Å²) in [7, 11) is -0.698. The number of ether oxygens (including phenoxy) is 2. The molecule has 1 heterocycles. The Balaban J connectivity index is 1.87. The molecule has 4 aromatic rings. The molecule has 0 aliphatic carbocycles. The lowest BCUT2D eigenvalue weighted by atomic mass is 9.70. The molecule has 45 heavy (non-hydrogen) atoms. The molecule has 0 saturated carbocycles. The molecule has 0 bridgehead atoms. The van der Waals surface area contributed by atoms with E-state index in [2.05, 4.69) is 50.4 Å². The van der Waals surface area contributed by atoms with Crippen molar-refractivity contribution in [3.05, 3.63) is 132 Å². The molecule has 4 atom stereocenters. The van der Waals surface area contributed by atoms with Gasteiger partial charge in [-0.05, 0) is 33.5 Å². The summed E-state index contributed by atoms with van der Waals surface area (Å²) in [6.45, 7) is 6.47. The first-order valence-corrected chi connectivity index (χ1v) is 17.0. The highest BCUT2D eigenvalue weighted by Gasteiger charge is 2.64. The third-order valence-corrected chi connectivity index (χ3v) is 14.0. The van der Waals surface area contributed by atoms with Crippen molar-refractivity contribution in [2.75, 3.05) is 14.2 Å². The van der Waals surface area contributed by atoms with Gasteiger partial charge in [0, 0.05) is 5.56 Å². The Hall–Kier alpha value is -4.11. The van der Waals surface area contributed by atoms with Crippen molar-refractivity contribution in [3.8, 4) is 0 Å². The highest BCUT2D eigenvalue weighted by Crippen LogP contribution is 2.57. The van der Waals surface area contributed by atoms with Crippen molar-refractivity contribution in [3.63, 3.8) is 0 Å². The molecule has 5 rings (SSSR count). The van der Waals surface area contributed by atoms with Crippen LogP contribution in [0.3, 0.4) is 0 Å². The summed E-state index contributed by atoms with van der Waals surface area (Å²) in [5, 5.41) is 4.87. The van der Waals surface area contributed by atoms with Gasteiger partial charge in [-0.3, -0.25) is 14.9 Å². The lowest BCUT2D eigenvalue weighted by Crippen LogP contribution is -2.68. The Kier molecular flexibility index (Phi) is 9.39. The number of methoxy groups -OCH3 is 2. The minimum atomic E-state index is -3.32. The SMILES string of the molecule is COC(=O)[C@H]1C[C@](C(=O)OC)([C@H](O[Si](c2ccccc2)(c2ccccc2)C(C)(C)C)c2ccccc2)[C@@H](c2ccccc2F)N1. The van der Waals surface area contributed by atoms with Crippen LogP contribution in [-0.4, -0.2) is 40.5 Å². The third-order valence-electron chi connectivity index (χ3n) is 8.97. The molecule has 234 valence electrons. The molecule has 1 fully saturated rings. The van der Waals surface area contributed by atoms with Gasteiger partial charge < -0.3 is 13.9 Å². The van der Waals surface area contributed by atoms with Gasteiger partial charge in [-0.25, -0.2) is 4.39 Å². The Labute approximate surface area is 265 Å². The minimum Gasteiger partial charge on any atom is -0.468 e. The third kappa shape index (κ3) is 5.74. The summed E-state index contributed by atoms with van der Waals surface area (Å²) < 4.78 is 34.2. The fraction of sp³-hybridized carbons (Fsp3) is 0.297. The fourth-order valence-electron chi connectivity index (χ4n) is 6.96. The summed E-state index contributed by atoms with van der Waals surface area (Å²) in [4.78, 5) is 27.7. The molecule has 1 N–H and O–H groups in total. The van der Waals surface area contributed by atoms with Crippen LogP contribution in [0.15, 0.2) is 115 Å². The van der Waals surface area contributed by atoms with Crippen molar-refractivity contribution in [2.24, 2.45) is 5.41 Å². The van der Waals surface area contributed by atoms with Crippen LogP contribution in [-0.2, 0) is 23.5 Å². The molecule has 0 amide bonds. The lowest BCUT2D eigenvalue weighted by Gasteiger charge is -2.49. The number of carbonyl (C=O) groups excluding carboxylic acids is 2. The zero-order valence-electron chi connectivity index (χ0n) is 26.3. The number of esters is 2. The molecule has 1 aliphatic heterocycles. The van der Waals surface area contributed by atoms with Gasteiger partial charge in [0.1, 0.15) is 17.3 Å². The standard InChI is InChI=1S/C37H40FNO5Si/c1-36(2,3)45(27-19-11-7-12-20-27,28-21-13-8-14-22-28)44-33(26-17-9-6-10-18-26)37(35(41)43-5)25-31(34(40)42-4)39-32(37)29-23-15-16-24-30(29)38/h6-24,31-33,39H,25H2,1-5H3/t31-,32-,33-,37-/m1/s1. The van der Waals surface area contributed by atoms with Crippen LogP contribution in [0.5, 0.6) is 0 Å². The van der Waals surface area contributed by atoms with Crippen LogP contribution in [0.2, 0.25) is 5.04 Å². The highest BCUT2D eigenvalue weighted by atomic mass is 28.4. The number of carbonyl (C=O) groups is 2. The first-order chi connectivity index (χ1) is 21.6. The lowest BCUT2D eigenvalue weighted by molar-refractivity contribution is -0.161. The average Bonchev–Trinajstić information content (AvgIpc) is 3.46. The molecule has 0 radical (unpaired) electrons. The van der Waals surface area contributed by atoms with E-state index in [4.69, 9.17) is 13.9 Å². The van der Waals surface area contributed by atoms with Gasteiger partial charge in [0.05, 0.1) is 26.4 Å². The van der Waals surface area contributed by atoms with Gasteiger partial charge in [-0.1, -0.05) is 130 Å². The van der Waals surface area contributed by atoms with Crippen LogP contribution in [0.1, 0.15) is 50.5 Å².